The lowest BCUT2D eigenvalue weighted by atomic mass is 10.2. The Labute approximate surface area is 168 Å². The standard InChI is InChI=1S/C18H16N4O2S3/c1-24-15-7-11(4-5-14(15)23)17-19-12(9-26-17)10-27-18-20-16(21-22-18)8-13-3-2-6-25-13/h2-7,9,23H,8,10H2,1H3,(H,20,21,22). The van der Waals surface area contributed by atoms with Crippen molar-refractivity contribution in [1.29, 1.82) is 0 Å². The van der Waals surface area contributed by atoms with E-state index in [1.54, 1.807) is 46.6 Å². The van der Waals surface area contributed by atoms with E-state index in [0.717, 1.165) is 33.7 Å². The Morgan fingerprint density at radius 3 is 2.96 bits per heavy atom. The van der Waals surface area contributed by atoms with Gasteiger partial charge in [0.15, 0.2) is 11.5 Å². The predicted octanol–water partition coefficient (Wildman–Crippen LogP) is 4.59. The van der Waals surface area contributed by atoms with Crippen molar-refractivity contribution in [3.63, 3.8) is 0 Å². The van der Waals surface area contributed by atoms with Gasteiger partial charge >= 0.3 is 0 Å². The van der Waals surface area contributed by atoms with E-state index in [-0.39, 0.29) is 5.75 Å². The van der Waals surface area contributed by atoms with Crippen LogP contribution in [0.15, 0.2) is 46.2 Å². The monoisotopic (exact) mass is 416 g/mol. The Balaban J connectivity index is 1.39. The molecule has 4 rings (SSSR count). The third kappa shape index (κ3) is 4.32. The SMILES string of the molecule is COc1cc(-c2nc(CSc3n[nH]c(Cc4cccs4)n3)cs2)ccc1O. The summed E-state index contributed by atoms with van der Waals surface area (Å²) in [5.74, 6) is 2.13. The summed E-state index contributed by atoms with van der Waals surface area (Å²) >= 11 is 4.83. The van der Waals surface area contributed by atoms with Crippen molar-refractivity contribution in [2.24, 2.45) is 0 Å². The third-order valence-electron chi connectivity index (χ3n) is 3.76. The zero-order chi connectivity index (χ0) is 18.6. The van der Waals surface area contributed by atoms with Crippen LogP contribution in [-0.2, 0) is 12.2 Å². The number of nitrogens with zero attached hydrogens (tertiary/aromatic N) is 3. The van der Waals surface area contributed by atoms with Crippen molar-refractivity contribution in [1.82, 2.24) is 20.2 Å². The molecule has 0 fully saturated rings. The van der Waals surface area contributed by atoms with Crippen molar-refractivity contribution in [2.45, 2.75) is 17.3 Å². The lowest BCUT2D eigenvalue weighted by molar-refractivity contribution is 0.373. The van der Waals surface area contributed by atoms with Crippen molar-refractivity contribution in [2.75, 3.05) is 7.11 Å². The van der Waals surface area contributed by atoms with Gasteiger partial charge in [0.25, 0.3) is 0 Å². The number of nitrogens with one attached hydrogen (secondary N) is 1. The number of phenols is 1. The van der Waals surface area contributed by atoms with Gasteiger partial charge in [0.1, 0.15) is 10.8 Å². The molecule has 0 atom stereocenters. The minimum Gasteiger partial charge on any atom is -0.504 e. The number of thioether (sulfide) groups is 1. The van der Waals surface area contributed by atoms with Crippen LogP contribution in [0.1, 0.15) is 16.4 Å². The van der Waals surface area contributed by atoms with Crippen molar-refractivity contribution >= 4 is 34.4 Å². The molecule has 0 aliphatic rings. The number of hydrogen-bond acceptors (Lipinski definition) is 8. The van der Waals surface area contributed by atoms with Crippen LogP contribution in [0.5, 0.6) is 11.5 Å². The molecule has 138 valence electrons. The average molecular weight is 417 g/mol. The normalized spacial score (nSPS) is 11.0. The van der Waals surface area contributed by atoms with Gasteiger partial charge in [-0.05, 0) is 29.6 Å². The number of phenolic OH excluding ortho intramolecular Hbond substituents is 1. The van der Waals surface area contributed by atoms with Crippen LogP contribution in [0.2, 0.25) is 0 Å². The summed E-state index contributed by atoms with van der Waals surface area (Å²) < 4.78 is 5.16. The number of thiazole rings is 1. The smallest absolute Gasteiger partial charge is 0.208 e. The number of aromatic amines is 1. The minimum absolute atomic E-state index is 0.122. The van der Waals surface area contributed by atoms with E-state index in [2.05, 4.69) is 31.6 Å². The Kier molecular flexibility index (Phi) is 5.42. The van der Waals surface area contributed by atoms with Gasteiger partial charge in [0, 0.05) is 28.0 Å². The molecule has 0 spiro atoms. The van der Waals surface area contributed by atoms with Gasteiger partial charge < -0.3 is 9.84 Å². The highest BCUT2D eigenvalue weighted by atomic mass is 32.2. The summed E-state index contributed by atoms with van der Waals surface area (Å²) in [4.78, 5) is 10.5. The first-order valence-corrected chi connectivity index (χ1v) is 10.8. The molecular weight excluding hydrogens is 400 g/mol. The molecule has 2 N–H and O–H groups in total. The Morgan fingerprint density at radius 1 is 1.22 bits per heavy atom. The van der Waals surface area contributed by atoms with Gasteiger partial charge in [-0.1, -0.05) is 17.8 Å². The summed E-state index contributed by atoms with van der Waals surface area (Å²) in [7, 11) is 1.53. The molecular formula is C18H16N4O2S3. The van der Waals surface area contributed by atoms with Gasteiger partial charge in [0.05, 0.1) is 12.8 Å². The second kappa shape index (κ2) is 8.12. The van der Waals surface area contributed by atoms with Crippen LogP contribution < -0.4 is 4.74 Å². The zero-order valence-electron chi connectivity index (χ0n) is 14.4. The topological polar surface area (TPSA) is 83.9 Å². The van der Waals surface area contributed by atoms with Crippen molar-refractivity contribution in [3.05, 3.63) is 57.5 Å². The molecule has 0 aliphatic heterocycles. The number of hydrogen-bond donors (Lipinski definition) is 2. The maximum atomic E-state index is 9.72. The molecule has 3 heterocycles. The molecule has 4 aromatic rings. The van der Waals surface area contributed by atoms with Crippen LogP contribution in [-0.4, -0.2) is 32.4 Å². The molecule has 0 aliphatic carbocycles. The second-order valence-electron chi connectivity index (χ2n) is 5.64. The molecule has 0 saturated heterocycles. The van der Waals surface area contributed by atoms with Crippen LogP contribution in [0.4, 0.5) is 0 Å². The van der Waals surface area contributed by atoms with E-state index in [0.29, 0.717) is 11.5 Å². The number of H-pyrrole nitrogens is 1. The fourth-order valence-corrected chi connectivity index (χ4v) is 4.80. The van der Waals surface area contributed by atoms with Gasteiger partial charge in [0.2, 0.25) is 5.16 Å². The predicted molar refractivity (Wildman–Crippen MR) is 109 cm³/mol. The largest absolute Gasteiger partial charge is 0.504 e. The van der Waals surface area contributed by atoms with E-state index >= 15 is 0 Å². The van der Waals surface area contributed by atoms with E-state index in [1.807, 2.05) is 17.5 Å². The van der Waals surface area contributed by atoms with Gasteiger partial charge in [-0.25, -0.2) is 9.97 Å². The second-order valence-corrected chi connectivity index (χ2v) is 8.47. The molecule has 0 bridgehead atoms. The van der Waals surface area contributed by atoms with Crippen LogP contribution >= 0.6 is 34.4 Å². The molecule has 0 saturated carbocycles. The third-order valence-corrected chi connectivity index (χ3v) is 6.46. The molecule has 1 aromatic carbocycles. The summed E-state index contributed by atoms with van der Waals surface area (Å²) in [6.07, 6.45) is 0.773. The first-order chi connectivity index (χ1) is 13.2. The van der Waals surface area contributed by atoms with Crippen LogP contribution in [0.3, 0.4) is 0 Å². The number of ether oxygens (including phenoxy) is 1. The van der Waals surface area contributed by atoms with Crippen molar-refractivity contribution in [3.8, 4) is 22.1 Å². The number of aromatic nitrogens is 4. The quantitative estimate of drug-likeness (QED) is 0.429. The highest BCUT2D eigenvalue weighted by Gasteiger charge is 2.11. The van der Waals surface area contributed by atoms with E-state index in [1.165, 1.54) is 12.0 Å². The molecule has 0 amide bonds. The summed E-state index contributed by atoms with van der Waals surface area (Å²) in [5.41, 5.74) is 1.89. The lowest BCUT2D eigenvalue weighted by Gasteiger charge is -2.04. The van der Waals surface area contributed by atoms with E-state index < -0.39 is 0 Å². The minimum atomic E-state index is 0.122. The van der Waals surface area contributed by atoms with E-state index in [9.17, 15) is 5.11 Å². The van der Waals surface area contributed by atoms with Gasteiger partial charge in [-0.2, -0.15) is 0 Å². The fraction of sp³-hybridized carbons (Fsp3) is 0.167. The number of rotatable bonds is 7. The highest BCUT2D eigenvalue weighted by molar-refractivity contribution is 7.98. The van der Waals surface area contributed by atoms with Gasteiger partial charge in [-0.3, -0.25) is 5.10 Å². The molecule has 6 nitrogen and oxygen atoms in total. The van der Waals surface area contributed by atoms with Gasteiger partial charge in [-0.15, -0.1) is 27.8 Å². The maximum Gasteiger partial charge on any atom is 0.208 e. The molecule has 27 heavy (non-hydrogen) atoms. The molecule has 0 unspecified atom stereocenters. The van der Waals surface area contributed by atoms with E-state index in [4.69, 9.17) is 4.74 Å². The number of methoxy groups -OCH3 is 1. The summed E-state index contributed by atoms with van der Waals surface area (Å²) in [6.45, 7) is 0. The molecule has 3 aromatic heterocycles. The van der Waals surface area contributed by atoms with Crippen LogP contribution in [0.25, 0.3) is 10.6 Å². The molecule has 9 heteroatoms. The fourth-order valence-electron chi connectivity index (χ4n) is 2.45. The first-order valence-electron chi connectivity index (χ1n) is 8.09. The lowest BCUT2D eigenvalue weighted by Crippen LogP contribution is -1.87. The summed E-state index contributed by atoms with van der Waals surface area (Å²) in [6, 6.07) is 9.37. The number of aromatic hydroxyl groups is 1. The maximum absolute atomic E-state index is 9.72. The van der Waals surface area contributed by atoms with Crippen molar-refractivity contribution < 1.29 is 9.84 Å². The Hall–Kier alpha value is -2.36. The number of benzene rings is 1. The summed E-state index contributed by atoms with van der Waals surface area (Å²) in [5, 5.41) is 22.7. The molecule has 0 radical (unpaired) electrons. The Morgan fingerprint density at radius 2 is 2.15 bits per heavy atom. The average Bonchev–Trinajstić information content (AvgIpc) is 3.43. The number of thiophene rings is 1. The zero-order valence-corrected chi connectivity index (χ0v) is 16.8. The van der Waals surface area contributed by atoms with Crippen LogP contribution in [0, 0.1) is 0 Å². The Bertz CT molecular complexity index is 1030. The highest BCUT2D eigenvalue weighted by Crippen LogP contribution is 2.33. The first kappa shape index (κ1) is 18.0.